The number of hydrogen-bond donors (Lipinski definition) is 1. The number of nitrogens with one attached hydrogen (secondary N) is 1. The van der Waals surface area contributed by atoms with Gasteiger partial charge in [-0.05, 0) is 74.1 Å². The van der Waals surface area contributed by atoms with E-state index in [4.69, 9.17) is 17.0 Å². The molecule has 1 N–H and O–H groups in total. The molecule has 138 valence electrons. The molecule has 0 aliphatic carbocycles. The Morgan fingerprint density at radius 1 is 1.07 bits per heavy atom. The van der Waals surface area contributed by atoms with Gasteiger partial charge in [-0.3, -0.25) is 19.8 Å². The first-order valence-electron chi connectivity index (χ1n) is 8.29. The molecule has 1 aliphatic heterocycles. The molecule has 3 rings (SSSR count). The van der Waals surface area contributed by atoms with Crippen LogP contribution in [0.4, 0.5) is 5.69 Å². The first-order chi connectivity index (χ1) is 12.8. The molecule has 1 heterocycles. The normalized spacial score (nSPS) is 16.1. The minimum atomic E-state index is -0.513. The summed E-state index contributed by atoms with van der Waals surface area (Å²) in [6.07, 6.45) is 1.62. The van der Waals surface area contributed by atoms with E-state index in [0.717, 1.165) is 10.2 Å². The highest BCUT2D eigenvalue weighted by atomic mass is 79.9. The SMILES string of the molecule is CC(C)Oc1ccc(/C=C2/C(=O)NC(=S)N(c3ccc(Br)cc3)C2=O)cc1. The highest BCUT2D eigenvalue weighted by Crippen LogP contribution is 2.24. The fourth-order valence-electron chi connectivity index (χ4n) is 2.56. The zero-order valence-corrected chi connectivity index (χ0v) is 17.1. The fraction of sp³-hybridized carbons (Fsp3) is 0.150. The molecular weight excluding hydrogens is 428 g/mol. The Bertz CT molecular complexity index is 921. The van der Waals surface area contributed by atoms with Crippen LogP contribution in [0.3, 0.4) is 0 Å². The molecule has 0 spiro atoms. The van der Waals surface area contributed by atoms with Crippen LogP contribution in [0.1, 0.15) is 19.4 Å². The molecule has 7 heteroatoms. The Balaban J connectivity index is 1.90. The first kappa shape index (κ1) is 19.3. The van der Waals surface area contributed by atoms with E-state index in [1.165, 1.54) is 4.90 Å². The molecule has 0 unspecified atom stereocenters. The number of amides is 2. The van der Waals surface area contributed by atoms with Crippen molar-refractivity contribution in [2.75, 3.05) is 4.90 Å². The van der Waals surface area contributed by atoms with Gasteiger partial charge in [-0.25, -0.2) is 0 Å². The van der Waals surface area contributed by atoms with Crippen LogP contribution in [0.15, 0.2) is 58.6 Å². The molecule has 1 fully saturated rings. The molecule has 0 radical (unpaired) electrons. The Labute approximate surface area is 171 Å². The second kappa shape index (κ2) is 8.02. The minimum absolute atomic E-state index is 0.0176. The van der Waals surface area contributed by atoms with Gasteiger partial charge in [-0.1, -0.05) is 28.1 Å². The quantitative estimate of drug-likeness (QED) is 0.438. The summed E-state index contributed by atoms with van der Waals surface area (Å²) >= 11 is 8.55. The van der Waals surface area contributed by atoms with Gasteiger partial charge in [0.05, 0.1) is 11.8 Å². The molecule has 2 aromatic rings. The van der Waals surface area contributed by atoms with E-state index in [-0.39, 0.29) is 16.8 Å². The van der Waals surface area contributed by atoms with E-state index in [1.54, 1.807) is 54.6 Å². The summed E-state index contributed by atoms with van der Waals surface area (Å²) in [5.74, 6) is -0.251. The summed E-state index contributed by atoms with van der Waals surface area (Å²) in [5, 5.41) is 2.63. The van der Waals surface area contributed by atoms with Crippen LogP contribution in [0.25, 0.3) is 6.08 Å². The van der Waals surface area contributed by atoms with Crippen molar-refractivity contribution in [2.45, 2.75) is 20.0 Å². The second-order valence-electron chi connectivity index (χ2n) is 6.17. The zero-order valence-electron chi connectivity index (χ0n) is 14.7. The van der Waals surface area contributed by atoms with E-state index >= 15 is 0 Å². The van der Waals surface area contributed by atoms with Crippen molar-refractivity contribution in [1.29, 1.82) is 0 Å². The zero-order chi connectivity index (χ0) is 19.6. The Morgan fingerprint density at radius 2 is 1.70 bits per heavy atom. The molecule has 0 aromatic heterocycles. The largest absolute Gasteiger partial charge is 0.491 e. The number of benzene rings is 2. The van der Waals surface area contributed by atoms with Gasteiger partial charge < -0.3 is 4.74 Å². The standard InChI is InChI=1S/C20H17BrN2O3S/c1-12(2)26-16-9-3-13(4-10-16)11-17-18(24)22-20(27)23(19(17)25)15-7-5-14(21)6-8-15/h3-12H,1-2H3,(H,22,24,27)/b17-11-. The van der Waals surface area contributed by atoms with Gasteiger partial charge in [-0.2, -0.15) is 0 Å². The van der Waals surface area contributed by atoms with E-state index in [2.05, 4.69) is 21.2 Å². The van der Waals surface area contributed by atoms with E-state index < -0.39 is 11.8 Å². The van der Waals surface area contributed by atoms with Crippen LogP contribution in [-0.2, 0) is 9.59 Å². The van der Waals surface area contributed by atoms with Crippen LogP contribution >= 0.6 is 28.1 Å². The predicted molar refractivity (Wildman–Crippen MR) is 113 cm³/mol. The second-order valence-corrected chi connectivity index (χ2v) is 7.47. The number of thiocarbonyl (C=S) groups is 1. The average Bonchev–Trinajstić information content (AvgIpc) is 2.61. The molecule has 0 bridgehead atoms. The highest BCUT2D eigenvalue weighted by molar-refractivity contribution is 9.10. The van der Waals surface area contributed by atoms with Crippen molar-refractivity contribution in [1.82, 2.24) is 5.32 Å². The van der Waals surface area contributed by atoms with Crippen molar-refractivity contribution in [3.63, 3.8) is 0 Å². The Morgan fingerprint density at radius 3 is 2.30 bits per heavy atom. The maximum atomic E-state index is 12.9. The van der Waals surface area contributed by atoms with Gasteiger partial charge in [0.15, 0.2) is 5.11 Å². The maximum Gasteiger partial charge on any atom is 0.270 e. The molecule has 0 saturated carbocycles. The number of hydrogen-bond acceptors (Lipinski definition) is 4. The molecule has 2 aromatic carbocycles. The summed E-state index contributed by atoms with van der Waals surface area (Å²) in [7, 11) is 0. The van der Waals surface area contributed by atoms with Gasteiger partial charge in [0.2, 0.25) is 0 Å². The number of carbonyl (C=O) groups excluding carboxylic acids is 2. The summed E-state index contributed by atoms with van der Waals surface area (Å²) in [6.45, 7) is 3.89. The van der Waals surface area contributed by atoms with Crippen LogP contribution in [0.2, 0.25) is 0 Å². The molecule has 1 saturated heterocycles. The minimum Gasteiger partial charge on any atom is -0.491 e. The van der Waals surface area contributed by atoms with E-state index in [0.29, 0.717) is 11.3 Å². The average molecular weight is 445 g/mol. The number of carbonyl (C=O) groups is 2. The topological polar surface area (TPSA) is 58.6 Å². The number of nitrogens with zero attached hydrogens (tertiary/aromatic N) is 1. The van der Waals surface area contributed by atoms with E-state index in [1.807, 2.05) is 13.8 Å². The monoisotopic (exact) mass is 444 g/mol. The van der Waals surface area contributed by atoms with Crippen LogP contribution in [0, 0.1) is 0 Å². The summed E-state index contributed by atoms with van der Waals surface area (Å²) in [4.78, 5) is 26.5. The molecule has 0 atom stereocenters. The van der Waals surface area contributed by atoms with Crippen molar-refractivity contribution in [3.8, 4) is 5.75 Å². The lowest BCUT2D eigenvalue weighted by Gasteiger charge is -2.29. The maximum absolute atomic E-state index is 12.9. The number of halogens is 1. The lowest BCUT2D eigenvalue weighted by molar-refractivity contribution is -0.122. The Kier molecular flexibility index (Phi) is 5.72. The molecule has 2 amide bonds. The lowest BCUT2D eigenvalue weighted by Crippen LogP contribution is -2.54. The molecule has 27 heavy (non-hydrogen) atoms. The summed E-state index contributed by atoms with van der Waals surface area (Å²) in [6, 6.07) is 14.3. The van der Waals surface area contributed by atoms with Crippen LogP contribution in [0.5, 0.6) is 5.75 Å². The number of anilines is 1. The van der Waals surface area contributed by atoms with Gasteiger partial charge in [-0.15, -0.1) is 0 Å². The van der Waals surface area contributed by atoms with Gasteiger partial charge in [0.25, 0.3) is 11.8 Å². The lowest BCUT2D eigenvalue weighted by atomic mass is 10.1. The summed E-state index contributed by atoms with van der Waals surface area (Å²) < 4.78 is 6.48. The van der Waals surface area contributed by atoms with Crippen molar-refractivity contribution in [2.24, 2.45) is 0 Å². The third kappa shape index (κ3) is 4.43. The summed E-state index contributed by atoms with van der Waals surface area (Å²) in [5.41, 5.74) is 1.32. The molecule has 1 aliphatic rings. The van der Waals surface area contributed by atoms with Gasteiger partial charge in [0, 0.05) is 4.47 Å². The van der Waals surface area contributed by atoms with Crippen molar-refractivity contribution >= 4 is 56.8 Å². The van der Waals surface area contributed by atoms with Gasteiger partial charge in [0.1, 0.15) is 11.3 Å². The van der Waals surface area contributed by atoms with Gasteiger partial charge >= 0.3 is 0 Å². The molecular formula is C20H17BrN2O3S. The fourth-order valence-corrected chi connectivity index (χ4v) is 3.11. The third-order valence-corrected chi connectivity index (χ3v) is 4.56. The first-order valence-corrected chi connectivity index (χ1v) is 9.49. The molecule has 5 nitrogen and oxygen atoms in total. The van der Waals surface area contributed by atoms with Crippen LogP contribution in [-0.4, -0.2) is 23.0 Å². The number of ether oxygens (including phenoxy) is 1. The third-order valence-electron chi connectivity index (χ3n) is 3.75. The smallest absolute Gasteiger partial charge is 0.270 e. The van der Waals surface area contributed by atoms with Crippen molar-refractivity contribution in [3.05, 3.63) is 64.1 Å². The van der Waals surface area contributed by atoms with Crippen LogP contribution < -0.4 is 15.0 Å². The number of rotatable bonds is 4. The highest BCUT2D eigenvalue weighted by Gasteiger charge is 2.34. The Hall–Kier alpha value is -2.51. The van der Waals surface area contributed by atoms with Crippen molar-refractivity contribution < 1.29 is 14.3 Å². The van der Waals surface area contributed by atoms with E-state index in [9.17, 15) is 9.59 Å². The predicted octanol–water partition coefficient (Wildman–Crippen LogP) is 4.07.